The fourth-order valence-electron chi connectivity index (χ4n) is 9.86. The van der Waals surface area contributed by atoms with Gasteiger partial charge in [0.15, 0.2) is 5.78 Å². The van der Waals surface area contributed by atoms with Crippen molar-refractivity contribution in [3.63, 3.8) is 0 Å². The summed E-state index contributed by atoms with van der Waals surface area (Å²) >= 11 is 16.7. The molecule has 4 N–H and O–H groups in total. The molecule has 1 aromatic heterocycles. The van der Waals surface area contributed by atoms with Crippen molar-refractivity contribution in [2.24, 2.45) is 5.73 Å². The normalized spacial score (nSPS) is 14.3. The average Bonchev–Trinajstić information content (AvgIpc) is 1.64. The van der Waals surface area contributed by atoms with Gasteiger partial charge in [0.2, 0.25) is 0 Å². The molecule has 3 unspecified atom stereocenters. The summed E-state index contributed by atoms with van der Waals surface area (Å²) in [6.45, 7) is 2.27. The number of nitrogens with two attached hydrogens (primary N) is 1. The van der Waals surface area contributed by atoms with E-state index in [1.807, 2.05) is 177 Å². The number of benzene rings is 6. The van der Waals surface area contributed by atoms with E-state index in [-0.39, 0.29) is 24.8 Å². The monoisotopic (exact) mass is 1570 g/mol. The molecular formula is C74H98Br3N9O10S2. The van der Waals surface area contributed by atoms with E-state index in [0.29, 0.717) is 54.4 Å². The molecule has 0 spiro atoms. The second-order valence-corrected chi connectivity index (χ2v) is 28.2. The molecule has 6 aromatic carbocycles. The predicted molar refractivity (Wildman–Crippen MR) is 415 cm³/mol. The van der Waals surface area contributed by atoms with Crippen molar-refractivity contribution in [1.82, 2.24) is 4.98 Å². The number of aliphatic hydroxyl groups is 2. The van der Waals surface area contributed by atoms with Crippen LogP contribution >= 0.6 is 71.3 Å². The second-order valence-electron chi connectivity index (χ2n) is 24.2. The highest BCUT2D eigenvalue weighted by Crippen LogP contribution is 2.40. The molecule has 1 aliphatic heterocycles. The fraction of sp³-hybridized carbons (Fsp3) is 0.419. The van der Waals surface area contributed by atoms with Crippen LogP contribution < -0.4 is 35.1 Å². The number of aromatic nitrogens is 1. The summed E-state index contributed by atoms with van der Waals surface area (Å²) in [5.74, 6) is -0.0122. The number of thiocarbonyl (C=S) groups is 1. The number of halogens is 3. The zero-order valence-corrected chi connectivity index (χ0v) is 66.1. The third-order valence-corrected chi connectivity index (χ3v) is 19.2. The molecule has 0 bridgehead atoms. The number of rotatable bonds is 18. The van der Waals surface area contributed by atoms with E-state index in [2.05, 4.69) is 98.7 Å². The van der Waals surface area contributed by atoms with Crippen molar-refractivity contribution in [3.8, 4) is 16.6 Å². The van der Waals surface area contributed by atoms with Gasteiger partial charge in [0, 0.05) is 178 Å². The number of ether oxygens (including phenoxy) is 6. The van der Waals surface area contributed by atoms with Gasteiger partial charge in [0.25, 0.3) is 0 Å². The quantitative estimate of drug-likeness (QED) is 0.0414. The molecule has 1 saturated carbocycles. The average molecular weight is 1580 g/mol. The summed E-state index contributed by atoms with van der Waals surface area (Å²) in [5.41, 5.74) is 21.7. The lowest BCUT2D eigenvalue weighted by Crippen LogP contribution is -2.15. The number of hydrogen-bond donors (Lipinski definition) is 3. The van der Waals surface area contributed by atoms with Gasteiger partial charge in [-0.2, -0.15) is 5.26 Å². The largest absolute Gasteiger partial charge is 0.465 e. The van der Waals surface area contributed by atoms with Crippen molar-refractivity contribution in [1.29, 1.82) is 5.26 Å². The number of nitrogens with zero attached hydrogens (tertiary/aromatic N) is 8. The van der Waals surface area contributed by atoms with Gasteiger partial charge in [-0.05, 0) is 185 Å². The van der Waals surface area contributed by atoms with E-state index < -0.39 is 0 Å². The minimum atomic E-state index is -0.345. The number of aryl methyl sites for hydroxylation is 1. The lowest BCUT2D eigenvalue weighted by molar-refractivity contribution is -0.120. The van der Waals surface area contributed by atoms with Crippen LogP contribution in [0, 0.1) is 11.3 Å². The first kappa shape index (κ1) is 83.8. The van der Waals surface area contributed by atoms with Crippen LogP contribution in [-0.2, 0) is 72.7 Å². The number of ketones is 1. The molecule has 0 amide bonds. The number of epoxide rings is 1. The van der Waals surface area contributed by atoms with Gasteiger partial charge in [-0.15, -0.1) is 11.3 Å². The molecule has 0 radical (unpaired) electrons. The summed E-state index contributed by atoms with van der Waals surface area (Å²) in [6.07, 6.45) is 5.75. The van der Waals surface area contributed by atoms with Crippen molar-refractivity contribution in [2.75, 3.05) is 150 Å². The van der Waals surface area contributed by atoms with Crippen LogP contribution in [0.4, 0.5) is 34.1 Å². The second kappa shape index (κ2) is 42.5. The summed E-state index contributed by atoms with van der Waals surface area (Å²) in [4.78, 5) is 40.4. The van der Waals surface area contributed by atoms with E-state index in [9.17, 15) is 14.7 Å². The van der Waals surface area contributed by atoms with Gasteiger partial charge in [-0.1, -0.05) is 44.1 Å². The van der Waals surface area contributed by atoms with Crippen molar-refractivity contribution >= 4 is 122 Å². The first-order valence-corrected chi connectivity index (χ1v) is 35.2. The number of nitriles is 1. The Kier molecular flexibility index (Phi) is 36.4. The lowest BCUT2D eigenvalue weighted by atomic mass is 10.00. The molecule has 24 heteroatoms. The van der Waals surface area contributed by atoms with Crippen molar-refractivity contribution in [2.45, 2.75) is 89.9 Å². The zero-order valence-electron chi connectivity index (χ0n) is 59.7. The SMILES string of the molecule is CN(C)c1ccc(Br)c(CO)c1.COC(=O)c1cc(N(C)C)ccc1Br.COCc1cc(N(C)C)ccc1-c1nc2c(s1)C(O)CCC2.COCc1cc(N(C)C)ccc1Br.COCc1cc(N(C)C)ccc1C#N.COCc1cc(N(C)C)ccc1C(N)=S.O=C1CCCC2OC12. The Labute approximate surface area is 615 Å². The Balaban J connectivity index is 0.000000247. The van der Waals surface area contributed by atoms with E-state index in [1.165, 1.54) is 18.4 Å². The highest BCUT2D eigenvalue weighted by atomic mass is 79.9. The molecule has 98 heavy (non-hydrogen) atoms. The summed E-state index contributed by atoms with van der Waals surface area (Å²) in [7, 11) is 31.9. The molecule has 2 aliphatic carbocycles. The topological polar surface area (TPSA) is 215 Å². The van der Waals surface area contributed by atoms with E-state index in [1.54, 1.807) is 45.8 Å². The van der Waals surface area contributed by atoms with Crippen LogP contribution in [0.1, 0.15) is 98.1 Å². The standard InChI is InChI=1S/C17H22N2O2S.C11H16N2OS.C11H14N2O.C10H12BrNO2.C10H14BrNO.C9H12BrNO.C6H8O2/c1-19(2)12-7-8-13(11(9-12)10-21-3)17-18-14-5-4-6-15(20)16(14)22-17;1-13(2)9-4-5-10(11(12)15)8(6-9)7-14-3;1-13(2)11-5-4-9(7-12)10(6-11)8-14-3;1-12(2)7-4-5-9(11)8(6-7)10(13)14-3;1-12(2)9-4-5-10(11)8(6-9)7-13-3;1-11(2)8-3-4-9(10)7(5-8)6-12;7-4-2-1-3-5-6(4)8-5/h7-9,15,20H,4-6,10H2,1-3H3;4-6H,7H2,1-3H3,(H2,12,15);4-6H,8H2,1-3H3;4-6H,1-3H3;4-6H,7H2,1-3H3;3-5,12H,6H2,1-2H3;5-6H,1-3H2. The van der Waals surface area contributed by atoms with Crippen molar-refractivity contribution < 1.29 is 48.2 Å². The van der Waals surface area contributed by atoms with Crippen LogP contribution in [0.3, 0.4) is 0 Å². The minimum Gasteiger partial charge on any atom is -0.465 e. The predicted octanol–water partition coefficient (Wildman–Crippen LogP) is 14.2. The number of carbonyl (C=O) groups excluding carboxylic acids is 2. The molecule has 532 valence electrons. The Hall–Kier alpha value is -6.57. The van der Waals surface area contributed by atoms with Gasteiger partial charge < -0.3 is 73.8 Å². The zero-order chi connectivity index (χ0) is 72.9. The highest BCUT2D eigenvalue weighted by Gasteiger charge is 2.46. The van der Waals surface area contributed by atoms with Crippen LogP contribution in [0.5, 0.6) is 0 Å². The van der Waals surface area contributed by atoms with Crippen molar-refractivity contribution in [3.05, 3.63) is 178 Å². The molecule has 7 aromatic rings. The van der Waals surface area contributed by atoms with Gasteiger partial charge in [0.05, 0.1) is 80.1 Å². The maximum Gasteiger partial charge on any atom is 0.339 e. The number of esters is 1. The van der Waals surface area contributed by atoms with E-state index >= 15 is 0 Å². The molecule has 3 atom stereocenters. The third kappa shape index (κ3) is 26.2. The summed E-state index contributed by atoms with van der Waals surface area (Å²) in [5, 5.41) is 29.0. The molecular weight excluding hydrogens is 1480 g/mol. The Bertz CT molecular complexity index is 3730. The number of thiazole rings is 1. The smallest absolute Gasteiger partial charge is 0.339 e. The van der Waals surface area contributed by atoms with Crippen LogP contribution in [0.2, 0.25) is 0 Å². The Morgan fingerprint density at radius 3 is 1.50 bits per heavy atom. The molecule has 10 rings (SSSR count). The maximum atomic E-state index is 11.3. The molecule has 19 nitrogen and oxygen atoms in total. The first-order valence-electron chi connectivity index (χ1n) is 31.6. The lowest BCUT2D eigenvalue weighted by Gasteiger charge is -2.15. The van der Waals surface area contributed by atoms with E-state index in [0.717, 1.165) is 129 Å². The summed E-state index contributed by atoms with van der Waals surface area (Å²) in [6, 6.07) is 37.9. The number of methoxy groups -OCH3 is 5. The number of fused-ring (bicyclic) bond motifs is 2. The van der Waals surface area contributed by atoms with E-state index in [4.69, 9.17) is 57.0 Å². The number of hydrogen-bond acceptors (Lipinski definition) is 20. The molecule has 1 saturated heterocycles. The fourth-order valence-corrected chi connectivity index (χ4v) is 12.4. The Morgan fingerprint density at radius 1 is 0.592 bits per heavy atom. The summed E-state index contributed by atoms with van der Waals surface area (Å²) < 4.78 is 33.1. The van der Waals surface area contributed by atoms with Gasteiger partial charge in [-0.3, -0.25) is 4.79 Å². The molecule has 3 aliphatic rings. The molecule has 2 heterocycles. The van der Waals surface area contributed by atoms with Crippen LogP contribution in [0.25, 0.3) is 10.6 Å². The van der Waals surface area contributed by atoms with Gasteiger partial charge >= 0.3 is 5.97 Å². The minimum absolute atomic E-state index is 0.0312. The Morgan fingerprint density at radius 2 is 1.02 bits per heavy atom. The van der Waals surface area contributed by atoms with Gasteiger partial charge in [0.1, 0.15) is 16.1 Å². The van der Waals surface area contributed by atoms with Crippen LogP contribution in [-0.4, -0.2) is 164 Å². The third-order valence-electron chi connectivity index (χ3n) is 15.5. The highest BCUT2D eigenvalue weighted by molar-refractivity contribution is 9.11. The van der Waals surface area contributed by atoms with Gasteiger partial charge in [-0.25, -0.2) is 9.78 Å². The number of aliphatic hydroxyl groups excluding tert-OH is 2. The van der Waals surface area contributed by atoms with Crippen LogP contribution in [0.15, 0.2) is 123 Å². The maximum absolute atomic E-state index is 11.3. The number of anilines is 6. The number of carbonyl (C=O) groups is 2. The molecule has 2 fully saturated rings. The number of Topliss-reactive ketones (excluding diaryl/α,β-unsaturated/α-hetero) is 1. The first-order chi connectivity index (χ1) is 46.6.